The summed E-state index contributed by atoms with van der Waals surface area (Å²) in [4.78, 5) is 14.1. The van der Waals surface area contributed by atoms with E-state index >= 15 is 0 Å². The molecule has 0 aromatic heterocycles. The molecule has 1 fully saturated rings. The molecule has 1 aliphatic heterocycles. The highest BCUT2D eigenvalue weighted by Crippen LogP contribution is 2.11. The maximum Gasteiger partial charge on any atom is 0.254 e. The summed E-state index contributed by atoms with van der Waals surface area (Å²) in [6.07, 6.45) is 2.14. The van der Waals surface area contributed by atoms with E-state index in [1.165, 1.54) is 5.56 Å². The van der Waals surface area contributed by atoms with Crippen LogP contribution in [0.15, 0.2) is 24.3 Å². The van der Waals surface area contributed by atoms with E-state index in [-0.39, 0.29) is 5.91 Å². The van der Waals surface area contributed by atoms with Crippen LogP contribution in [0.4, 0.5) is 0 Å². The highest BCUT2D eigenvalue weighted by atomic mass is 16.5. The Morgan fingerprint density at radius 1 is 1.35 bits per heavy atom. The van der Waals surface area contributed by atoms with Crippen molar-refractivity contribution in [2.24, 2.45) is 0 Å². The predicted octanol–water partition coefficient (Wildman–Crippen LogP) is 2.11. The van der Waals surface area contributed by atoms with Gasteiger partial charge in [0.1, 0.15) is 0 Å². The second kappa shape index (κ2) is 5.82. The van der Waals surface area contributed by atoms with E-state index in [0.29, 0.717) is 26.3 Å². The number of hydrogen-bond acceptors (Lipinski definition) is 2. The topological polar surface area (TPSA) is 29.5 Å². The van der Waals surface area contributed by atoms with E-state index in [1.54, 1.807) is 0 Å². The van der Waals surface area contributed by atoms with Gasteiger partial charge in [-0.2, -0.15) is 0 Å². The Morgan fingerprint density at radius 2 is 2.12 bits per heavy atom. The molecule has 2 rings (SSSR count). The monoisotopic (exact) mass is 233 g/mol. The van der Waals surface area contributed by atoms with Crippen molar-refractivity contribution in [1.29, 1.82) is 0 Å². The van der Waals surface area contributed by atoms with Gasteiger partial charge in [-0.25, -0.2) is 0 Å². The molecule has 0 N–H and O–H groups in total. The molecule has 0 spiro atoms. The van der Waals surface area contributed by atoms with Crippen molar-refractivity contribution >= 4 is 5.91 Å². The third-order valence-corrected chi connectivity index (χ3v) is 3.01. The summed E-state index contributed by atoms with van der Waals surface area (Å²) in [5.41, 5.74) is 2.05. The number of morpholine rings is 1. The van der Waals surface area contributed by atoms with Gasteiger partial charge in [-0.05, 0) is 24.1 Å². The summed E-state index contributed by atoms with van der Waals surface area (Å²) in [6, 6.07) is 7.97. The molecule has 1 amide bonds. The smallest absolute Gasteiger partial charge is 0.254 e. The molecule has 0 bridgehead atoms. The van der Waals surface area contributed by atoms with E-state index in [4.69, 9.17) is 4.74 Å². The molecule has 0 radical (unpaired) electrons. The maximum absolute atomic E-state index is 12.2. The quantitative estimate of drug-likeness (QED) is 0.800. The summed E-state index contributed by atoms with van der Waals surface area (Å²) in [6.45, 7) is 4.87. The highest BCUT2D eigenvalue weighted by Gasteiger charge is 2.18. The van der Waals surface area contributed by atoms with Crippen molar-refractivity contribution in [3.8, 4) is 0 Å². The molecule has 1 aliphatic rings. The van der Waals surface area contributed by atoms with Gasteiger partial charge >= 0.3 is 0 Å². The fourth-order valence-corrected chi connectivity index (χ4v) is 2.10. The largest absolute Gasteiger partial charge is 0.378 e. The molecular weight excluding hydrogens is 214 g/mol. The first kappa shape index (κ1) is 12.1. The molecule has 17 heavy (non-hydrogen) atoms. The molecule has 0 aliphatic carbocycles. The Balaban J connectivity index is 2.09. The van der Waals surface area contributed by atoms with Gasteiger partial charge in [-0.1, -0.05) is 25.5 Å². The lowest BCUT2D eigenvalue weighted by Gasteiger charge is -2.27. The van der Waals surface area contributed by atoms with E-state index in [9.17, 15) is 4.79 Å². The molecule has 3 nitrogen and oxygen atoms in total. The van der Waals surface area contributed by atoms with Gasteiger partial charge in [-0.3, -0.25) is 4.79 Å². The van der Waals surface area contributed by atoms with Gasteiger partial charge in [0.2, 0.25) is 0 Å². The standard InChI is InChI=1S/C14H19NO2/c1-2-4-12-5-3-6-13(11-12)14(16)15-7-9-17-10-8-15/h3,5-6,11H,2,4,7-10H2,1H3. The van der Waals surface area contributed by atoms with E-state index in [1.807, 2.05) is 23.1 Å². The first-order valence-electron chi connectivity index (χ1n) is 6.27. The normalized spacial score (nSPS) is 15.9. The average Bonchev–Trinajstić information content (AvgIpc) is 2.40. The second-order valence-electron chi connectivity index (χ2n) is 4.35. The number of benzene rings is 1. The molecule has 3 heteroatoms. The zero-order valence-electron chi connectivity index (χ0n) is 10.3. The Kier molecular flexibility index (Phi) is 4.15. The molecule has 0 unspecified atom stereocenters. The Bertz CT molecular complexity index is 384. The number of rotatable bonds is 3. The molecule has 0 saturated carbocycles. The number of aryl methyl sites for hydroxylation is 1. The lowest BCUT2D eigenvalue weighted by atomic mass is 10.1. The summed E-state index contributed by atoms with van der Waals surface area (Å²) in [5, 5.41) is 0. The van der Waals surface area contributed by atoms with Crippen molar-refractivity contribution in [3.63, 3.8) is 0 Å². The zero-order chi connectivity index (χ0) is 12.1. The molecule has 1 aromatic carbocycles. The number of amides is 1. The molecule has 0 atom stereocenters. The maximum atomic E-state index is 12.2. The van der Waals surface area contributed by atoms with Crippen LogP contribution in [0.25, 0.3) is 0 Å². The van der Waals surface area contributed by atoms with Gasteiger partial charge < -0.3 is 9.64 Å². The van der Waals surface area contributed by atoms with Gasteiger partial charge in [0, 0.05) is 18.7 Å². The van der Waals surface area contributed by atoms with Crippen molar-refractivity contribution < 1.29 is 9.53 Å². The average molecular weight is 233 g/mol. The molecule has 1 heterocycles. The van der Waals surface area contributed by atoms with Crippen LogP contribution < -0.4 is 0 Å². The van der Waals surface area contributed by atoms with Crippen LogP contribution in [-0.4, -0.2) is 37.1 Å². The van der Waals surface area contributed by atoms with Crippen LogP contribution in [-0.2, 0) is 11.2 Å². The fraction of sp³-hybridized carbons (Fsp3) is 0.500. The lowest BCUT2D eigenvalue weighted by Crippen LogP contribution is -2.40. The van der Waals surface area contributed by atoms with Gasteiger partial charge in [0.15, 0.2) is 0 Å². The van der Waals surface area contributed by atoms with Crippen molar-refractivity contribution in [3.05, 3.63) is 35.4 Å². The van der Waals surface area contributed by atoms with Crippen LogP contribution in [0.1, 0.15) is 29.3 Å². The van der Waals surface area contributed by atoms with Gasteiger partial charge in [0.25, 0.3) is 5.91 Å². The zero-order valence-corrected chi connectivity index (χ0v) is 10.3. The third-order valence-electron chi connectivity index (χ3n) is 3.01. The second-order valence-corrected chi connectivity index (χ2v) is 4.35. The summed E-state index contributed by atoms with van der Waals surface area (Å²) >= 11 is 0. The number of nitrogens with zero attached hydrogens (tertiary/aromatic N) is 1. The first-order chi connectivity index (χ1) is 8.31. The van der Waals surface area contributed by atoms with E-state index in [0.717, 1.165) is 18.4 Å². The minimum absolute atomic E-state index is 0.131. The molecular formula is C14H19NO2. The van der Waals surface area contributed by atoms with E-state index in [2.05, 4.69) is 13.0 Å². The van der Waals surface area contributed by atoms with Crippen molar-refractivity contribution in [2.75, 3.05) is 26.3 Å². The minimum Gasteiger partial charge on any atom is -0.378 e. The lowest BCUT2D eigenvalue weighted by molar-refractivity contribution is 0.0303. The Hall–Kier alpha value is -1.35. The Labute approximate surface area is 102 Å². The van der Waals surface area contributed by atoms with Gasteiger partial charge in [-0.15, -0.1) is 0 Å². The van der Waals surface area contributed by atoms with Crippen molar-refractivity contribution in [1.82, 2.24) is 4.90 Å². The van der Waals surface area contributed by atoms with Crippen LogP contribution in [0.5, 0.6) is 0 Å². The summed E-state index contributed by atoms with van der Waals surface area (Å²) in [7, 11) is 0. The first-order valence-corrected chi connectivity index (χ1v) is 6.27. The molecule has 1 saturated heterocycles. The predicted molar refractivity (Wildman–Crippen MR) is 67.2 cm³/mol. The Morgan fingerprint density at radius 3 is 2.82 bits per heavy atom. The van der Waals surface area contributed by atoms with Crippen LogP contribution in [0.3, 0.4) is 0 Å². The minimum atomic E-state index is 0.131. The van der Waals surface area contributed by atoms with Crippen molar-refractivity contribution in [2.45, 2.75) is 19.8 Å². The number of ether oxygens (including phenoxy) is 1. The third kappa shape index (κ3) is 3.07. The SMILES string of the molecule is CCCc1cccc(C(=O)N2CCOCC2)c1. The van der Waals surface area contributed by atoms with E-state index < -0.39 is 0 Å². The number of carbonyl (C=O) groups excluding carboxylic acids is 1. The van der Waals surface area contributed by atoms with Crippen LogP contribution >= 0.6 is 0 Å². The van der Waals surface area contributed by atoms with Crippen LogP contribution in [0.2, 0.25) is 0 Å². The molecule has 92 valence electrons. The fourth-order valence-electron chi connectivity index (χ4n) is 2.10. The van der Waals surface area contributed by atoms with Crippen LogP contribution in [0, 0.1) is 0 Å². The number of carbonyl (C=O) groups is 1. The highest BCUT2D eigenvalue weighted by molar-refractivity contribution is 5.94. The number of hydrogen-bond donors (Lipinski definition) is 0. The molecule has 1 aromatic rings. The summed E-state index contributed by atoms with van der Waals surface area (Å²) in [5.74, 6) is 0.131. The van der Waals surface area contributed by atoms with Gasteiger partial charge in [0.05, 0.1) is 13.2 Å². The summed E-state index contributed by atoms with van der Waals surface area (Å²) < 4.78 is 5.25.